The summed E-state index contributed by atoms with van der Waals surface area (Å²) in [5.74, 6) is -2.56. The highest BCUT2D eigenvalue weighted by molar-refractivity contribution is 5.78. The predicted molar refractivity (Wildman–Crippen MR) is 77.7 cm³/mol. The summed E-state index contributed by atoms with van der Waals surface area (Å²) in [6.45, 7) is 1.29. The van der Waals surface area contributed by atoms with Gasteiger partial charge in [-0.2, -0.15) is 0 Å². The number of hydrogen-bond acceptors (Lipinski definition) is 5. The average molecular weight is 302 g/mol. The number of ether oxygens (including phenoxy) is 1. The van der Waals surface area contributed by atoms with Gasteiger partial charge in [-0.25, -0.2) is 0 Å². The van der Waals surface area contributed by atoms with E-state index in [9.17, 15) is 9.59 Å². The molecular formula is C15H26O6. The van der Waals surface area contributed by atoms with Crippen LogP contribution in [0.3, 0.4) is 0 Å². The van der Waals surface area contributed by atoms with Gasteiger partial charge in [0.25, 0.3) is 0 Å². The monoisotopic (exact) mass is 302 g/mol. The van der Waals surface area contributed by atoms with Crippen LogP contribution in [0.5, 0.6) is 0 Å². The highest BCUT2D eigenvalue weighted by atomic mass is 16.5. The number of unbranched alkanes of at least 4 members (excludes halogenated alkanes) is 3. The number of aliphatic hydroxyl groups is 2. The van der Waals surface area contributed by atoms with Gasteiger partial charge in [0.2, 0.25) is 0 Å². The van der Waals surface area contributed by atoms with Gasteiger partial charge in [0.05, 0.1) is 18.9 Å². The van der Waals surface area contributed by atoms with Crippen molar-refractivity contribution in [2.45, 2.75) is 51.6 Å². The molecule has 0 saturated carbocycles. The van der Waals surface area contributed by atoms with Crippen LogP contribution in [0.15, 0.2) is 12.2 Å². The number of carboxylic acids is 1. The van der Waals surface area contributed by atoms with Crippen molar-refractivity contribution >= 4 is 11.9 Å². The Labute approximate surface area is 125 Å². The van der Waals surface area contributed by atoms with Crippen LogP contribution < -0.4 is 0 Å². The molecule has 2 unspecified atom stereocenters. The third-order valence-corrected chi connectivity index (χ3v) is 2.97. The molecule has 0 aliphatic carbocycles. The first-order valence-electron chi connectivity index (χ1n) is 7.33. The van der Waals surface area contributed by atoms with Crippen molar-refractivity contribution in [3.63, 3.8) is 0 Å². The molecule has 122 valence electrons. The minimum Gasteiger partial charge on any atom is -0.481 e. The van der Waals surface area contributed by atoms with Crippen LogP contribution in [0.1, 0.15) is 45.4 Å². The van der Waals surface area contributed by atoms with E-state index < -0.39 is 30.6 Å². The molecule has 6 heteroatoms. The molecule has 2 atom stereocenters. The van der Waals surface area contributed by atoms with Gasteiger partial charge in [0.1, 0.15) is 12.7 Å². The van der Waals surface area contributed by atoms with Crippen LogP contribution in [-0.4, -0.2) is 46.6 Å². The lowest BCUT2D eigenvalue weighted by Crippen LogP contribution is -2.24. The Balaban J connectivity index is 4.06. The van der Waals surface area contributed by atoms with Crippen molar-refractivity contribution in [1.29, 1.82) is 0 Å². The zero-order chi connectivity index (χ0) is 16.1. The molecule has 0 bridgehead atoms. The molecule has 0 spiro atoms. The number of carbonyl (C=O) groups is 2. The molecule has 0 amide bonds. The summed E-state index contributed by atoms with van der Waals surface area (Å²) in [5.41, 5.74) is 0. The van der Waals surface area contributed by atoms with Crippen molar-refractivity contribution in [3.8, 4) is 0 Å². The van der Waals surface area contributed by atoms with E-state index in [-0.39, 0.29) is 19.4 Å². The minimum atomic E-state index is -1.13. The number of carbonyl (C=O) groups excluding carboxylic acids is 1. The van der Waals surface area contributed by atoms with Gasteiger partial charge in [-0.3, -0.25) is 9.59 Å². The largest absolute Gasteiger partial charge is 0.481 e. The molecule has 0 rings (SSSR count). The Morgan fingerprint density at radius 1 is 1.24 bits per heavy atom. The lowest BCUT2D eigenvalue weighted by molar-refractivity contribution is -0.153. The van der Waals surface area contributed by atoms with Gasteiger partial charge in [-0.15, -0.1) is 0 Å². The molecule has 6 nitrogen and oxygen atoms in total. The van der Waals surface area contributed by atoms with Gasteiger partial charge in [-0.05, 0) is 19.3 Å². The normalized spacial score (nSPS) is 14.0. The van der Waals surface area contributed by atoms with E-state index in [1.807, 2.05) is 6.08 Å². The fraction of sp³-hybridized carbons (Fsp3) is 0.733. The molecule has 0 aliphatic heterocycles. The van der Waals surface area contributed by atoms with Crippen molar-refractivity contribution in [3.05, 3.63) is 12.2 Å². The summed E-state index contributed by atoms with van der Waals surface area (Å²) < 4.78 is 4.70. The Morgan fingerprint density at radius 2 is 1.95 bits per heavy atom. The lowest BCUT2D eigenvalue weighted by Gasteiger charge is -2.11. The Bertz CT molecular complexity index is 326. The summed E-state index contributed by atoms with van der Waals surface area (Å²) >= 11 is 0. The topological polar surface area (TPSA) is 104 Å². The van der Waals surface area contributed by atoms with E-state index >= 15 is 0 Å². The maximum Gasteiger partial charge on any atom is 0.307 e. The maximum absolute atomic E-state index is 11.4. The molecular weight excluding hydrogens is 276 g/mol. The van der Waals surface area contributed by atoms with Crippen LogP contribution in [0.25, 0.3) is 0 Å². The molecule has 0 heterocycles. The molecule has 0 aromatic carbocycles. The van der Waals surface area contributed by atoms with Crippen molar-refractivity contribution in [2.24, 2.45) is 5.92 Å². The Morgan fingerprint density at radius 3 is 2.52 bits per heavy atom. The fourth-order valence-electron chi connectivity index (χ4n) is 1.66. The van der Waals surface area contributed by atoms with E-state index in [1.165, 1.54) is 0 Å². The number of hydrogen-bond donors (Lipinski definition) is 3. The second-order valence-corrected chi connectivity index (χ2v) is 4.96. The van der Waals surface area contributed by atoms with Crippen LogP contribution in [-0.2, 0) is 14.3 Å². The first-order chi connectivity index (χ1) is 10.0. The van der Waals surface area contributed by atoms with Crippen molar-refractivity contribution in [1.82, 2.24) is 0 Å². The van der Waals surface area contributed by atoms with Crippen molar-refractivity contribution in [2.75, 3.05) is 13.2 Å². The number of esters is 1. The highest BCUT2D eigenvalue weighted by Gasteiger charge is 2.21. The molecule has 0 aliphatic rings. The van der Waals surface area contributed by atoms with E-state index in [0.717, 1.165) is 25.7 Å². The van der Waals surface area contributed by atoms with Gasteiger partial charge < -0.3 is 20.1 Å². The van der Waals surface area contributed by atoms with Gasteiger partial charge >= 0.3 is 11.9 Å². The lowest BCUT2D eigenvalue weighted by atomic mass is 10.0. The molecule has 21 heavy (non-hydrogen) atoms. The number of carboxylic acid groups (broad SMARTS) is 1. The average Bonchev–Trinajstić information content (AvgIpc) is 2.46. The first kappa shape index (κ1) is 19.6. The summed E-state index contributed by atoms with van der Waals surface area (Å²) in [7, 11) is 0. The van der Waals surface area contributed by atoms with Crippen LogP contribution in [0, 0.1) is 5.92 Å². The van der Waals surface area contributed by atoms with E-state index in [2.05, 4.69) is 6.92 Å². The second-order valence-electron chi connectivity index (χ2n) is 4.96. The molecule has 0 fully saturated rings. The van der Waals surface area contributed by atoms with Crippen LogP contribution in [0.4, 0.5) is 0 Å². The van der Waals surface area contributed by atoms with Gasteiger partial charge in [-0.1, -0.05) is 31.9 Å². The van der Waals surface area contributed by atoms with Gasteiger partial charge in [0, 0.05) is 0 Å². The van der Waals surface area contributed by atoms with Gasteiger partial charge in [0.15, 0.2) is 0 Å². The summed E-state index contributed by atoms with van der Waals surface area (Å²) in [5, 5.41) is 26.7. The first-order valence-corrected chi connectivity index (χ1v) is 7.33. The quantitative estimate of drug-likeness (QED) is 0.287. The number of aliphatic hydroxyl groups excluding tert-OH is 2. The molecule has 0 aromatic heterocycles. The van der Waals surface area contributed by atoms with E-state index in [1.54, 1.807) is 6.08 Å². The zero-order valence-electron chi connectivity index (χ0n) is 12.5. The molecule has 0 aromatic rings. The molecule has 0 radical (unpaired) electrons. The van der Waals surface area contributed by atoms with E-state index in [4.69, 9.17) is 20.1 Å². The maximum atomic E-state index is 11.4. The smallest absolute Gasteiger partial charge is 0.307 e. The van der Waals surface area contributed by atoms with E-state index in [0.29, 0.717) is 0 Å². The number of aliphatic carboxylic acids is 1. The third-order valence-electron chi connectivity index (χ3n) is 2.97. The minimum absolute atomic E-state index is 0.243. The fourth-order valence-corrected chi connectivity index (χ4v) is 1.66. The zero-order valence-corrected chi connectivity index (χ0v) is 12.5. The van der Waals surface area contributed by atoms with Crippen LogP contribution >= 0.6 is 0 Å². The summed E-state index contributed by atoms with van der Waals surface area (Å²) in [6.07, 6.45) is 6.89. The molecule has 3 N–H and O–H groups in total. The second kappa shape index (κ2) is 12.3. The molecule has 0 saturated heterocycles. The third kappa shape index (κ3) is 11.0. The highest BCUT2D eigenvalue weighted by Crippen LogP contribution is 2.12. The Kier molecular flexibility index (Phi) is 11.5. The number of rotatable bonds is 12. The predicted octanol–water partition coefficient (Wildman–Crippen LogP) is 1.50. The Hall–Kier alpha value is -1.40. The van der Waals surface area contributed by atoms with Crippen molar-refractivity contribution < 1.29 is 29.6 Å². The standard InChI is InChI=1S/C15H26O6/c1-2-3-4-5-6-7-8-12(15(19)20)9-14(18)21-11-13(17)10-16/h6-7,12-13,16-17H,2-5,8-11H2,1H3,(H,19,20)/b7-6+. The SMILES string of the molecule is CCCCC/C=C/CC(CC(=O)OCC(O)CO)C(=O)O. The number of allylic oxidation sites excluding steroid dienone is 2. The summed E-state index contributed by atoms with van der Waals surface area (Å²) in [6, 6.07) is 0. The van der Waals surface area contributed by atoms with Crippen LogP contribution in [0.2, 0.25) is 0 Å². The summed E-state index contributed by atoms with van der Waals surface area (Å²) in [4.78, 5) is 22.5.